The van der Waals surface area contributed by atoms with Crippen molar-refractivity contribution in [3.63, 3.8) is 0 Å². The summed E-state index contributed by atoms with van der Waals surface area (Å²) >= 11 is 0. The van der Waals surface area contributed by atoms with Crippen molar-refractivity contribution < 1.29 is 4.74 Å². The molecule has 1 aliphatic heterocycles. The lowest BCUT2D eigenvalue weighted by Gasteiger charge is -2.36. The van der Waals surface area contributed by atoms with E-state index in [0.717, 1.165) is 12.2 Å². The Morgan fingerprint density at radius 1 is 1.36 bits per heavy atom. The zero-order chi connectivity index (χ0) is 10.3. The normalized spacial score (nSPS) is 23.9. The van der Waals surface area contributed by atoms with Crippen LogP contribution < -0.4 is 4.74 Å². The average Bonchev–Trinajstić information content (AvgIpc) is 2.00. The second kappa shape index (κ2) is 3.01. The minimum absolute atomic E-state index is 0.0137. The minimum atomic E-state index is -0.0137. The molecule has 1 atom stereocenters. The Kier molecular flexibility index (Phi) is 2.06. The molecule has 0 radical (unpaired) electrons. The van der Waals surface area contributed by atoms with Crippen LogP contribution in [-0.2, 0) is 0 Å². The maximum absolute atomic E-state index is 5.97. The molecule has 1 heterocycles. The molecule has 14 heavy (non-hydrogen) atoms. The van der Waals surface area contributed by atoms with Crippen LogP contribution in [0.15, 0.2) is 18.2 Å². The summed E-state index contributed by atoms with van der Waals surface area (Å²) in [6.07, 6.45) is 1.10. The predicted octanol–water partition coefficient (Wildman–Crippen LogP) is 3.66. The molecule has 1 aromatic carbocycles. The molecule has 2 rings (SSSR count). The Balaban J connectivity index is 2.46. The Morgan fingerprint density at radius 2 is 2.07 bits per heavy atom. The molecule has 76 valence electrons. The molecule has 0 aliphatic carbocycles. The number of aryl methyl sites for hydroxylation is 1. The van der Waals surface area contributed by atoms with Crippen molar-refractivity contribution >= 4 is 0 Å². The third-order valence-electron chi connectivity index (χ3n) is 2.88. The first-order valence-corrected chi connectivity index (χ1v) is 5.27. The predicted molar refractivity (Wildman–Crippen MR) is 58.9 cm³/mol. The Labute approximate surface area is 86.1 Å². The molecule has 1 aromatic rings. The molecule has 0 amide bonds. The number of benzene rings is 1. The van der Waals surface area contributed by atoms with Crippen LogP contribution in [0.3, 0.4) is 0 Å². The second-order valence-corrected chi connectivity index (χ2v) is 5.01. The number of hydrogen-bond donors (Lipinski definition) is 0. The molecule has 0 saturated carbocycles. The standard InChI is InChI=1S/C13H18O/c1-9-5-6-11-10(2)8-13(3,4)14-12(11)7-9/h5-7,10H,8H2,1-4H3. The number of hydrogen-bond acceptors (Lipinski definition) is 1. The molecule has 1 nitrogen and oxygen atoms in total. The van der Waals surface area contributed by atoms with E-state index in [0.29, 0.717) is 5.92 Å². The molecular weight excluding hydrogens is 172 g/mol. The van der Waals surface area contributed by atoms with Crippen LogP contribution in [0, 0.1) is 6.92 Å². The topological polar surface area (TPSA) is 9.23 Å². The van der Waals surface area contributed by atoms with Gasteiger partial charge in [-0.3, -0.25) is 0 Å². The van der Waals surface area contributed by atoms with E-state index >= 15 is 0 Å². The average molecular weight is 190 g/mol. The van der Waals surface area contributed by atoms with Crippen molar-refractivity contribution in [1.82, 2.24) is 0 Å². The molecule has 1 heteroatoms. The van der Waals surface area contributed by atoms with E-state index in [2.05, 4.69) is 45.9 Å². The van der Waals surface area contributed by atoms with Gasteiger partial charge in [-0.1, -0.05) is 19.1 Å². The largest absolute Gasteiger partial charge is 0.488 e. The van der Waals surface area contributed by atoms with Gasteiger partial charge >= 0.3 is 0 Å². The van der Waals surface area contributed by atoms with Crippen LogP contribution in [0.25, 0.3) is 0 Å². The Morgan fingerprint density at radius 3 is 2.79 bits per heavy atom. The second-order valence-electron chi connectivity index (χ2n) is 5.01. The van der Waals surface area contributed by atoms with Gasteiger partial charge in [0, 0.05) is 0 Å². The summed E-state index contributed by atoms with van der Waals surface area (Å²) in [5, 5.41) is 0. The SMILES string of the molecule is Cc1ccc2c(c1)OC(C)(C)CC2C. The summed E-state index contributed by atoms with van der Waals surface area (Å²) in [5.74, 6) is 1.68. The lowest BCUT2D eigenvalue weighted by Crippen LogP contribution is -2.34. The van der Waals surface area contributed by atoms with E-state index in [-0.39, 0.29) is 5.60 Å². The Bertz CT molecular complexity index is 352. The lowest BCUT2D eigenvalue weighted by atomic mass is 9.85. The summed E-state index contributed by atoms with van der Waals surface area (Å²) < 4.78 is 5.97. The molecule has 0 spiro atoms. The van der Waals surface area contributed by atoms with Crippen LogP contribution in [0.2, 0.25) is 0 Å². The van der Waals surface area contributed by atoms with Gasteiger partial charge in [0.15, 0.2) is 0 Å². The zero-order valence-electron chi connectivity index (χ0n) is 9.42. The molecule has 0 aromatic heterocycles. The minimum Gasteiger partial charge on any atom is -0.488 e. The third-order valence-corrected chi connectivity index (χ3v) is 2.88. The fourth-order valence-electron chi connectivity index (χ4n) is 2.32. The van der Waals surface area contributed by atoms with Crippen molar-refractivity contribution in [1.29, 1.82) is 0 Å². The number of fused-ring (bicyclic) bond motifs is 1. The molecule has 1 unspecified atom stereocenters. The lowest BCUT2D eigenvalue weighted by molar-refractivity contribution is 0.0746. The summed E-state index contributed by atoms with van der Waals surface area (Å²) in [6.45, 7) is 8.71. The zero-order valence-corrected chi connectivity index (χ0v) is 9.42. The molecule has 1 aliphatic rings. The van der Waals surface area contributed by atoms with Gasteiger partial charge in [0.05, 0.1) is 0 Å². The highest BCUT2D eigenvalue weighted by atomic mass is 16.5. The van der Waals surface area contributed by atoms with Crippen LogP contribution in [0.1, 0.15) is 44.2 Å². The van der Waals surface area contributed by atoms with Gasteiger partial charge in [-0.15, -0.1) is 0 Å². The third kappa shape index (κ3) is 1.63. The van der Waals surface area contributed by atoms with Gasteiger partial charge < -0.3 is 4.74 Å². The van der Waals surface area contributed by atoms with Gasteiger partial charge in [0.2, 0.25) is 0 Å². The van der Waals surface area contributed by atoms with Crippen molar-refractivity contribution in [3.8, 4) is 5.75 Å². The summed E-state index contributed by atoms with van der Waals surface area (Å²) in [5.41, 5.74) is 2.61. The summed E-state index contributed by atoms with van der Waals surface area (Å²) in [7, 11) is 0. The van der Waals surface area contributed by atoms with E-state index in [1.54, 1.807) is 0 Å². The summed E-state index contributed by atoms with van der Waals surface area (Å²) in [6, 6.07) is 6.51. The van der Waals surface area contributed by atoms with E-state index in [1.165, 1.54) is 11.1 Å². The quantitative estimate of drug-likeness (QED) is 0.606. The molecular formula is C13H18O. The fourth-order valence-corrected chi connectivity index (χ4v) is 2.32. The van der Waals surface area contributed by atoms with Gasteiger partial charge in [-0.2, -0.15) is 0 Å². The van der Waals surface area contributed by atoms with E-state index in [9.17, 15) is 0 Å². The van der Waals surface area contributed by atoms with Crippen molar-refractivity contribution in [2.24, 2.45) is 0 Å². The molecule has 0 fully saturated rings. The van der Waals surface area contributed by atoms with Crippen LogP contribution in [-0.4, -0.2) is 5.60 Å². The monoisotopic (exact) mass is 190 g/mol. The maximum Gasteiger partial charge on any atom is 0.123 e. The smallest absolute Gasteiger partial charge is 0.123 e. The van der Waals surface area contributed by atoms with Gasteiger partial charge in [0.1, 0.15) is 11.4 Å². The fraction of sp³-hybridized carbons (Fsp3) is 0.538. The van der Waals surface area contributed by atoms with Crippen molar-refractivity contribution in [2.45, 2.75) is 45.6 Å². The van der Waals surface area contributed by atoms with Crippen LogP contribution in [0.5, 0.6) is 5.75 Å². The highest BCUT2D eigenvalue weighted by Gasteiger charge is 2.30. The summed E-state index contributed by atoms with van der Waals surface area (Å²) in [4.78, 5) is 0. The first kappa shape index (κ1) is 9.57. The number of ether oxygens (including phenoxy) is 1. The Hall–Kier alpha value is -0.980. The number of rotatable bonds is 0. The highest BCUT2D eigenvalue weighted by molar-refractivity contribution is 5.41. The van der Waals surface area contributed by atoms with Gasteiger partial charge in [-0.25, -0.2) is 0 Å². The van der Waals surface area contributed by atoms with E-state index in [4.69, 9.17) is 4.74 Å². The van der Waals surface area contributed by atoms with Gasteiger partial charge in [0.25, 0.3) is 0 Å². The molecule has 0 saturated heterocycles. The first-order valence-electron chi connectivity index (χ1n) is 5.27. The molecule has 0 bridgehead atoms. The van der Waals surface area contributed by atoms with Crippen molar-refractivity contribution in [3.05, 3.63) is 29.3 Å². The van der Waals surface area contributed by atoms with E-state index < -0.39 is 0 Å². The van der Waals surface area contributed by atoms with E-state index in [1.807, 2.05) is 0 Å². The first-order chi connectivity index (χ1) is 6.48. The highest BCUT2D eigenvalue weighted by Crippen LogP contribution is 2.40. The maximum atomic E-state index is 5.97. The molecule has 0 N–H and O–H groups in total. The van der Waals surface area contributed by atoms with Crippen LogP contribution in [0.4, 0.5) is 0 Å². The van der Waals surface area contributed by atoms with Crippen LogP contribution >= 0.6 is 0 Å². The van der Waals surface area contributed by atoms with Crippen molar-refractivity contribution in [2.75, 3.05) is 0 Å². The van der Waals surface area contributed by atoms with Gasteiger partial charge in [-0.05, 0) is 50.3 Å².